The Labute approximate surface area is 107 Å². The molecule has 0 bridgehead atoms. The van der Waals surface area contributed by atoms with E-state index in [1.807, 2.05) is 0 Å². The number of thiocarbonyl (C=S) groups is 1. The van der Waals surface area contributed by atoms with Crippen molar-refractivity contribution in [3.8, 4) is 0 Å². The molecule has 1 saturated carbocycles. The minimum Gasteiger partial charge on any atom is -0.392 e. The van der Waals surface area contributed by atoms with Gasteiger partial charge in [0.15, 0.2) is 0 Å². The lowest BCUT2D eigenvalue weighted by Gasteiger charge is -2.21. The fourth-order valence-electron chi connectivity index (χ4n) is 1.18. The zero-order valence-corrected chi connectivity index (χ0v) is 11.0. The van der Waals surface area contributed by atoms with Gasteiger partial charge in [-0.15, -0.1) is 0 Å². The summed E-state index contributed by atoms with van der Waals surface area (Å²) in [5.74, 6) is 0.0530. The molecule has 17 heavy (non-hydrogen) atoms. The molecule has 96 valence electrons. The van der Waals surface area contributed by atoms with Gasteiger partial charge in [-0.3, -0.25) is 9.59 Å². The van der Waals surface area contributed by atoms with E-state index < -0.39 is 5.41 Å². The van der Waals surface area contributed by atoms with Gasteiger partial charge in [-0.25, -0.2) is 0 Å². The summed E-state index contributed by atoms with van der Waals surface area (Å²) in [7, 11) is 0. The number of nitrogens with one attached hydrogen (secondary N) is 2. The van der Waals surface area contributed by atoms with Crippen molar-refractivity contribution in [2.24, 2.45) is 17.1 Å². The maximum absolute atomic E-state index is 11.7. The predicted octanol–water partition coefficient (Wildman–Crippen LogP) is -0.0589. The number of carbonyl (C=O) groups excluding carboxylic acids is 2. The summed E-state index contributed by atoms with van der Waals surface area (Å²) in [5, 5.41) is 5.46. The zero-order chi connectivity index (χ0) is 13.1. The number of rotatable bonds is 6. The summed E-state index contributed by atoms with van der Waals surface area (Å²) in [6.45, 7) is 4.18. The van der Waals surface area contributed by atoms with Crippen LogP contribution in [-0.2, 0) is 9.59 Å². The lowest BCUT2D eigenvalue weighted by atomic mass is 9.92. The van der Waals surface area contributed by atoms with Gasteiger partial charge < -0.3 is 16.4 Å². The Balaban J connectivity index is 2.19. The van der Waals surface area contributed by atoms with E-state index in [0.717, 1.165) is 12.8 Å². The Morgan fingerprint density at radius 3 is 2.29 bits per heavy atom. The first-order valence-electron chi connectivity index (χ1n) is 5.71. The second kappa shape index (κ2) is 5.44. The van der Waals surface area contributed by atoms with Crippen LogP contribution in [-0.4, -0.2) is 29.9 Å². The molecule has 0 aromatic heterocycles. The third kappa shape index (κ3) is 3.96. The van der Waals surface area contributed by atoms with Crippen molar-refractivity contribution in [3.63, 3.8) is 0 Å². The summed E-state index contributed by atoms with van der Waals surface area (Å²) in [6.07, 6.45) is 1.96. The molecule has 0 atom stereocenters. The van der Waals surface area contributed by atoms with Crippen molar-refractivity contribution >= 4 is 29.0 Å². The van der Waals surface area contributed by atoms with Gasteiger partial charge in [0.25, 0.3) is 0 Å². The quantitative estimate of drug-likeness (QED) is 0.460. The van der Waals surface area contributed by atoms with E-state index in [9.17, 15) is 9.59 Å². The van der Waals surface area contributed by atoms with Gasteiger partial charge in [-0.1, -0.05) is 12.2 Å². The van der Waals surface area contributed by atoms with Gasteiger partial charge in [0.2, 0.25) is 11.8 Å². The molecule has 0 spiro atoms. The van der Waals surface area contributed by atoms with Crippen molar-refractivity contribution in [1.29, 1.82) is 0 Å². The SMILES string of the molecule is CC(C)(C(=O)NCCNC(=O)C1CC1)C(N)=S. The second-order valence-corrected chi connectivity index (χ2v) is 5.25. The molecule has 6 heteroatoms. The molecule has 0 unspecified atom stereocenters. The van der Waals surface area contributed by atoms with Crippen LogP contribution in [0.15, 0.2) is 0 Å². The minimum absolute atomic E-state index is 0.0767. The van der Waals surface area contributed by atoms with E-state index in [-0.39, 0.29) is 22.7 Å². The molecule has 1 rings (SSSR count). The van der Waals surface area contributed by atoms with Crippen LogP contribution in [0.5, 0.6) is 0 Å². The Morgan fingerprint density at radius 2 is 1.82 bits per heavy atom. The normalized spacial score (nSPS) is 15.2. The van der Waals surface area contributed by atoms with Crippen LogP contribution in [0.3, 0.4) is 0 Å². The number of hydrogen-bond donors (Lipinski definition) is 3. The van der Waals surface area contributed by atoms with Gasteiger partial charge in [0.05, 0.1) is 10.4 Å². The van der Waals surface area contributed by atoms with Crippen LogP contribution in [0.2, 0.25) is 0 Å². The van der Waals surface area contributed by atoms with Gasteiger partial charge in [0.1, 0.15) is 0 Å². The standard InChI is InChI=1S/C11H19N3O2S/c1-11(2,9(12)17)10(16)14-6-5-13-8(15)7-3-4-7/h7H,3-6H2,1-2H3,(H2,12,17)(H,13,15)(H,14,16). The topological polar surface area (TPSA) is 84.2 Å². The highest BCUT2D eigenvalue weighted by Gasteiger charge is 2.31. The number of carbonyl (C=O) groups is 2. The Hall–Kier alpha value is -1.17. The lowest BCUT2D eigenvalue weighted by Crippen LogP contribution is -2.46. The first-order valence-corrected chi connectivity index (χ1v) is 6.12. The van der Waals surface area contributed by atoms with E-state index in [2.05, 4.69) is 10.6 Å². The van der Waals surface area contributed by atoms with Crippen LogP contribution in [0.25, 0.3) is 0 Å². The maximum Gasteiger partial charge on any atom is 0.232 e. The molecule has 1 fully saturated rings. The Kier molecular flexibility index (Phi) is 4.45. The molecular formula is C11H19N3O2S. The number of nitrogens with two attached hydrogens (primary N) is 1. The maximum atomic E-state index is 11.7. The summed E-state index contributed by atoms with van der Waals surface area (Å²) in [4.78, 5) is 23.2. The molecule has 4 N–H and O–H groups in total. The molecular weight excluding hydrogens is 238 g/mol. The molecule has 1 aliphatic carbocycles. The van der Waals surface area contributed by atoms with Gasteiger partial charge >= 0.3 is 0 Å². The van der Waals surface area contributed by atoms with Crippen molar-refractivity contribution in [1.82, 2.24) is 10.6 Å². The third-order valence-corrected chi connectivity index (χ3v) is 3.35. The highest BCUT2D eigenvalue weighted by molar-refractivity contribution is 7.80. The van der Waals surface area contributed by atoms with Crippen molar-refractivity contribution < 1.29 is 9.59 Å². The first-order chi connectivity index (χ1) is 7.85. The minimum atomic E-state index is -0.851. The third-order valence-electron chi connectivity index (χ3n) is 2.84. The fourth-order valence-corrected chi connectivity index (χ4v) is 1.28. The average Bonchev–Trinajstić information content (AvgIpc) is 3.06. The van der Waals surface area contributed by atoms with Crippen LogP contribution in [0.1, 0.15) is 26.7 Å². The van der Waals surface area contributed by atoms with Gasteiger partial charge in [-0.05, 0) is 26.7 Å². The second-order valence-electron chi connectivity index (χ2n) is 4.81. The molecule has 0 radical (unpaired) electrons. The Morgan fingerprint density at radius 1 is 1.29 bits per heavy atom. The Bertz CT molecular complexity index is 338. The summed E-state index contributed by atoms with van der Waals surface area (Å²) in [5.41, 5.74) is 4.62. The number of hydrogen-bond acceptors (Lipinski definition) is 3. The molecule has 0 aromatic rings. The smallest absolute Gasteiger partial charge is 0.232 e. The monoisotopic (exact) mass is 257 g/mol. The summed E-state index contributed by atoms with van der Waals surface area (Å²) >= 11 is 4.82. The van der Waals surface area contributed by atoms with Crippen molar-refractivity contribution in [3.05, 3.63) is 0 Å². The van der Waals surface area contributed by atoms with Crippen LogP contribution < -0.4 is 16.4 Å². The largest absolute Gasteiger partial charge is 0.392 e. The molecule has 2 amide bonds. The van der Waals surface area contributed by atoms with Crippen molar-refractivity contribution in [2.45, 2.75) is 26.7 Å². The highest BCUT2D eigenvalue weighted by Crippen LogP contribution is 2.28. The van der Waals surface area contributed by atoms with E-state index in [4.69, 9.17) is 18.0 Å². The molecule has 0 heterocycles. The van der Waals surface area contributed by atoms with E-state index in [1.165, 1.54) is 0 Å². The predicted molar refractivity (Wildman–Crippen MR) is 69.3 cm³/mol. The van der Waals surface area contributed by atoms with E-state index >= 15 is 0 Å². The first kappa shape index (κ1) is 13.9. The fraction of sp³-hybridized carbons (Fsp3) is 0.727. The van der Waals surface area contributed by atoms with Crippen LogP contribution >= 0.6 is 12.2 Å². The van der Waals surface area contributed by atoms with Gasteiger partial charge in [-0.2, -0.15) is 0 Å². The molecule has 5 nitrogen and oxygen atoms in total. The lowest BCUT2D eigenvalue weighted by molar-refractivity contribution is -0.126. The molecule has 0 saturated heterocycles. The van der Waals surface area contributed by atoms with Crippen molar-refractivity contribution in [2.75, 3.05) is 13.1 Å². The summed E-state index contributed by atoms with van der Waals surface area (Å²) < 4.78 is 0. The molecule has 0 aliphatic heterocycles. The number of amides is 2. The molecule has 0 aromatic carbocycles. The average molecular weight is 257 g/mol. The highest BCUT2D eigenvalue weighted by atomic mass is 32.1. The van der Waals surface area contributed by atoms with Gasteiger partial charge in [0, 0.05) is 19.0 Å². The van der Waals surface area contributed by atoms with Crippen LogP contribution in [0.4, 0.5) is 0 Å². The summed E-state index contributed by atoms with van der Waals surface area (Å²) in [6, 6.07) is 0. The van der Waals surface area contributed by atoms with E-state index in [1.54, 1.807) is 13.8 Å². The van der Waals surface area contributed by atoms with E-state index in [0.29, 0.717) is 13.1 Å². The zero-order valence-electron chi connectivity index (χ0n) is 10.2. The van der Waals surface area contributed by atoms with Crippen LogP contribution in [0, 0.1) is 11.3 Å². The molecule has 1 aliphatic rings.